The molecule has 0 unspecified atom stereocenters. The summed E-state index contributed by atoms with van der Waals surface area (Å²) in [7, 11) is 1.60. The van der Waals surface area contributed by atoms with E-state index in [1.165, 1.54) is 0 Å². The molecular weight excluding hydrogens is 454 g/mol. The van der Waals surface area contributed by atoms with E-state index in [9.17, 15) is 14.7 Å². The summed E-state index contributed by atoms with van der Waals surface area (Å²) in [6, 6.07) is 20.6. The molecule has 1 fully saturated rings. The van der Waals surface area contributed by atoms with Gasteiger partial charge in [0.25, 0.3) is 5.56 Å². The predicted molar refractivity (Wildman–Crippen MR) is 139 cm³/mol. The first-order valence-electron chi connectivity index (χ1n) is 12.6. The average molecular weight is 488 g/mol. The molecule has 2 aliphatic rings. The van der Waals surface area contributed by atoms with E-state index in [0.717, 1.165) is 23.4 Å². The highest BCUT2D eigenvalue weighted by Crippen LogP contribution is 2.48. The molecule has 2 aromatic carbocycles. The number of hydrogen-bond donors (Lipinski definition) is 2. The molecule has 5 rings (SSSR count). The number of ether oxygens (including phenoxy) is 1. The third-order valence-electron chi connectivity index (χ3n) is 7.89. The highest BCUT2D eigenvalue weighted by Gasteiger charge is 2.55. The second kappa shape index (κ2) is 9.91. The van der Waals surface area contributed by atoms with Gasteiger partial charge in [0.05, 0.1) is 30.7 Å². The Bertz CT molecular complexity index is 1310. The van der Waals surface area contributed by atoms with E-state index in [1.54, 1.807) is 11.7 Å². The maximum absolute atomic E-state index is 13.8. The molecule has 0 saturated carbocycles. The Morgan fingerprint density at radius 1 is 1.08 bits per heavy atom. The normalized spacial score (nSPS) is 23.7. The van der Waals surface area contributed by atoms with Gasteiger partial charge in [0.15, 0.2) is 0 Å². The van der Waals surface area contributed by atoms with Crippen LogP contribution < -0.4 is 15.6 Å². The van der Waals surface area contributed by atoms with Gasteiger partial charge >= 0.3 is 0 Å². The van der Waals surface area contributed by atoms with Gasteiger partial charge in [-0.15, -0.1) is 0 Å². The lowest BCUT2D eigenvalue weighted by Gasteiger charge is -2.37. The van der Waals surface area contributed by atoms with Crippen LogP contribution in [0, 0.1) is 11.8 Å². The molecule has 3 heterocycles. The minimum absolute atomic E-state index is 0.0916. The average Bonchev–Trinajstić information content (AvgIpc) is 3.14. The van der Waals surface area contributed by atoms with Crippen LogP contribution in [0.4, 0.5) is 0 Å². The van der Waals surface area contributed by atoms with Crippen LogP contribution in [0.15, 0.2) is 71.5 Å². The number of carbonyl (C=O) groups is 1. The molecule has 188 valence electrons. The first-order valence-corrected chi connectivity index (χ1v) is 12.6. The number of rotatable bonds is 7. The first-order chi connectivity index (χ1) is 17.5. The van der Waals surface area contributed by atoms with Crippen LogP contribution in [-0.4, -0.2) is 46.8 Å². The number of amides is 1. The van der Waals surface area contributed by atoms with Gasteiger partial charge in [0.1, 0.15) is 5.75 Å². The summed E-state index contributed by atoms with van der Waals surface area (Å²) < 4.78 is 7.31. The number of para-hydroxylation sites is 1. The second-order valence-corrected chi connectivity index (χ2v) is 9.64. The molecule has 1 aromatic heterocycles. The number of aliphatic hydroxyl groups is 1. The summed E-state index contributed by atoms with van der Waals surface area (Å²) in [6.45, 7) is 5.09. The molecule has 1 saturated heterocycles. The molecule has 2 N–H and O–H groups in total. The van der Waals surface area contributed by atoms with Gasteiger partial charge in [-0.3, -0.25) is 14.5 Å². The molecule has 5 atom stereocenters. The molecule has 3 aromatic rings. The molecule has 0 aliphatic carbocycles. The molecule has 0 spiro atoms. The minimum atomic E-state index is -0.462. The third kappa shape index (κ3) is 3.92. The van der Waals surface area contributed by atoms with Crippen LogP contribution in [-0.2, 0) is 11.3 Å². The Balaban J connectivity index is 1.55. The van der Waals surface area contributed by atoms with Crippen molar-refractivity contribution in [3.05, 3.63) is 88.3 Å². The van der Waals surface area contributed by atoms with Crippen molar-refractivity contribution in [3.63, 3.8) is 0 Å². The number of nitrogens with one attached hydrogen (secondary N) is 1. The van der Waals surface area contributed by atoms with Gasteiger partial charge in [-0.05, 0) is 37.2 Å². The molecule has 2 aliphatic heterocycles. The van der Waals surface area contributed by atoms with Crippen molar-refractivity contribution < 1.29 is 14.6 Å². The highest BCUT2D eigenvalue weighted by atomic mass is 16.5. The first kappa shape index (κ1) is 24.3. The third-order valence-corrected chi connectivity index (χ3v) is 7.89. The number of pyridine rings is 1. The van der Waals surface area contributed by atoms with Crippen molar-refractivity contribution in [2.75, 3.05) is 20.3 Å². The zero-order valence-electron chi connectivity index (χ0n) is 20.9. The Morgan fingerprint density at radius 2 is 1.81 bits per heavy atom. The van der Waals surface area contributed by atoms with Gasteiger partial charge < -0.3 is 19.7 Å². The molecule has 7 heteroatoms. The van der Waals surface area contributed by atoms with Gasteiger partial charge in [-0.25, -0.2) is 0 Å². The number of carbonyl (C=O) groups excluding carboxylic acids is 1. The number of fused-ring (bicyclic) bond motifs is 4. The summed E-state index contributed by atoms with van der Waals surface area (Å²) >= 11 is 0. The van der Waals surface area contributed by atoms with E-state index in [0.29, 0.717) is 17.9 Å². The van der Waals surface area contributed by atoms with Crippen molar-refractivity contribution in [2.45, 2.75) is 38.5 Å². The second-order valence-electron chi connectivity index (χ2n) is 9.64. The molecule has 2 bridgehead atoms. The van der Waals surface area contributed by atoms with E-state index >= 15 is 0 Å². The summed E-state index contributed by atoms with van der Waals surface area (Å²) in [4.78, 5) is 29.7. The number of hydrogen-bond acceptors (Lipinski definition) is 5. The Labute approximate surface area is 211 Å². The monoisotopic (exact) mass is 487 g/mol. The van der Waals surface area contributed by atoms with Crippen LogP contribution in [0.5, 0.6) is 5.75 Å². The van der Waals surface area contributed by atoms with E-state index in [4.69, 9.17) is 4.74 Å². The number of methoxy groups -OCH3 is 1. The molecule has 0 radical (unpaired) electrons. The lowest BCUT2D eigenvalue weighted by Crippen LogP contribution is -2.46. The standard InChI is InChI=1S/C29H33N3O4/c1-4-31-24-16-32-23(15-14-21(29(32)35)20-12-8-9-13-25(20)36-3)27(31)26(22(24)17-33)28(34)30-18(2)19-10-6-5-7-11-19/h5-15,18,22,24,26-27,33H,4,16-17H2,1-3H3,(H,30,34)/t18-,22-,24-,26+,27+/m0/s1. The van der Waals surface area contributed by atoms with Crippen molar-refractivity contribution in [1.29, 1.82) is 0 Å². The number of likely N-dealkylation sites (N-methyl/N-ethyl adjacent to an activating group) is 1. The Kier molecular flexibility index (Phi) is 6.69. The fourth-order valence-electron chi connectivity index (χ4n) is 6.16. The van der Waals surface area contributed by atoms with E-state index in [1.807, 2.05) is 73.7 Å². The quantitative estimate of drug-likeness (QED) is 0.534. The molecule has 7 nitrogen and oxygen atoms in total. The van der Waals surface area contributed by atoms with Crippen molar-refractivity contribution in [1.82, 2.24) is 14.8 Å². The maximum Gasteiger partial charge on any atom is 0.258 e. The van der Waals surface area contributed by atoms with Crippen LogP contribution in [0.2, 0.25) is 0 Å². The summed E-state index contributed by atoms with van der Waals surface area (Å²) in [5.74, 6) is -0.182. The highest BCUT2D eigenvalue weighted by molar-refractivity contribution is 5.81. The smallest absolute Gasteiger partial charge is 0.258 e. The molecule has 1 amide bonds. The number of aliphatic hydroxyl groups excluding tert-OH is 1. The van der Waals surface area contributed by atoms with Crippen molar-refractivity contribution in [3.8, 4) is 16.9 Å². The minimum Gasteiger partial charge on any atom is -0.496 e. The number of aromatic nitrogens is 1. The largest absolute Gasteiger partial charge is 0.496 e. The van der Waals surface area contributed by atoms with Crippen LogP contribution in [0.25, 0.3) is 11.1 Å². The van der Waals surface area contributed by atoms with Crippen LogP contribution in [0.3, 0.4) is 0 Å². The van der Waals surface area contributed by atoms with Crippen molar-refractivity contribution in [2.24, 2.45) is 11.8 Å². The number of nitrogens with zero attached hydrogens (tertiary/aromatic N) is 2. The lowest BCUT2D eigenvalue weighted by atomic mass is 9.86. The number of benzene rings is 2. The van der Waals surface area contributed by atoms with Gasteiger partial charge in [0.2, 0.25) is 5.91 Å². The van der Waals surface area contributed by atoms with Crippen LogP contribution in [0.1, 0.15) is 37.2 Å². The van der Waals surface area contributed by atoms with Gasteiger partial charge in [-0.2, -0.15) is 0 Å². The molecular formula is C29H33N3O4. The summed E-state index contributed by atoms with van der Waals surface area (Å²) in [6.07, 6.45) is 0. The molecule has 36 heavy (non-hydrogen) atoms. The lowest BCUT2D eigenvalue weighted by molar-refractivity contribution is -0.128. The fraction of sp³-hybridized carbons (Fsp3) is 0.379. The van der Waals surface area contributed by atoms with Gasteiger partial charge in [-0.1, -0.05) is 55.5 Å². The zero-order chi connectivity index (χ0) is 25.4. The summed E-state index contributed by atoms with van der Waals surface area (Å²) in [5, 5.41) is 13.6. The zero-order valence-corrected chi connectivity index (χ0v) is 20.9. The van der Waals surface area contributed by atoms with E-state index < -0.39 is 5.92 Å². The topological polar surface area (TPSA) is 83.8 Å². The van der Waals surface area contributed by atoms with Crippen molar-refractivity contribution >= 4 is 5.91 Å². The SMILES string of the molecule is CCN1[C@@H]2c3ccc(-c4ccccc4OC)c(=O)n3C[C@H]1[C@H](CO)[C@H]2C(=O)N[C@@H](C)c1ccccc1. The Hall–Kier alpha value is -3.42. The van der Waals surface area contributed by atoms with Gasteiger partial charge in [0, 0.05) is 36.4 Å². The van der Waals surface area contributed by atoms with Crippen LogP contribution >= 0.6 is 0 Å². The van der Waals surface area contributed by atoms with E-state index in [2.05, 4.69) is 17.1 Å². The van der Waals surface area contributed by atoms with E-state index in [-0.39, 0.29) is 42.1 Å². The fourth-order valence-corrected chi connectivity index (χ4v) is 6.16. The Morgan fingerprint density at radius 3 is 2.50 bits per heavy atom. The predicted octanol–water partition coefficient (Wildman–Crippen LogP) is 3.38. The maximum atomic E-state index is 13.8. The summed E-state index contributed by atoms with van der Waals surface area (Å²) in [5.41, 5.74) is 3.06.